The van der Waals surface area contributed by atoms with Crippen molar-refractivity contribution in [1.82, 2.24) is 19.6 Å². The molecule has 2 aromatic heterocycles. The Morgan fingerprint density at radius 3 is 2.49 bits per heavy atom. The molecule has 4 N–H and O–H groups in total. The Bertz CT molecular complexity index is 3010. The molecule has 6 aliphatic rings. The van der Waals surface area contributed by atoms with Crippen molar-refractivity contribution in [2.24, 2.45) is 11.3 Å². The van der Waals surface area contributed by atoms with Crippen molar-refractivity contribution in [3.63, 3.8) is 0 Å². The molecule has 2 aliphatic carbocycles. The number of aliphatic hydroxyl groups is 1. The van der Waals surface area contributed by atoms with Crippen LogP contribution in [0.5, 0.6) is 23.1 Å². The van der Waals surface area contributed by atoms with Crippen LogP contribution in [0, 0.1) is 27.3 Å². The zero-order valence-corrected chi connectivity index (χ0v) is 41.6. The maximum atomic E-state index is 15.1. The van der Waals surface area contributed by atoms with Crippen LogP contribution >= 0.6 is 0 Å². The fraction of sp³-hybridized carbons (Fsp3) is 0.509. The Balaban J connectivity index is 0.846. The molecule has 1 amide bonds. The summed E-state index contributed by atoms with van der Waals surface area (Å²) in [6, 6.07) is 17.6. The molecule has 0 radical (unpaired) electrons. The van der Waals surface area contributed by atoms with Gasteiger partial charge in [0.2, 0.25) is 0 Å². The van der Waals surface area contributed by atoms with E-state index < -0.39 is 42.9 Å². The largest absolute Gasteiger partial charge is 0.489 e. The molecule has 3 saturated heterocycles. The number of hydrogen-bond acceptors (Lipinski definition) is 14. The number of fused-ring (bicyclic) bond motifs is 2. The number of benzene rings is 3. The maximum absolute atomic E-state index is 15.1. The number of hydrogen-bond donors (Lipinski definition) is 4. The smallest absolute Gasteiger partial charge is 0.297 e. The second kappa shape index (κ2) is 18.8. The van der Waals surface area contributed by atoms with E-state index in [2.05, 4.69) is 67.9 Å². The molecule has 0 bridgehead atoms. The molecule has 0 unspecified atom stereocenters. The van der Waals surface area contributed by atoms with Gasteiger partial charge in [-0.2, -0.15) is 4.98 Å². The number of nitro groups is 1. The SMILES string of the molecule is CC(C)c1ccccc1[C@@H]1CCC[C@@H]1N1CC2(CCN(c3ccc(C(=O)NS(=O)(=O)c4cc5c(c([N+](=O)[O-])c4)N[C@@H](C4CCC(C)(O)CC4)CO5)c(Oc4cc5c(F)c[nH]c5nc4OC4COC4)c3)CC2)C1. The molecule has 382 valence electrons. The highest BCUT2D eigenvalue weighted by atomic mass is 32.2. The number of piperidine rings is 1. The second-order valence-electron chi connectivity index (χ2n) is 21.6. The summed E-state index contributed by atoms with van der Waals surface area (Å²) in [6.07, 6.45) is 8.91. The number of sulfonamides is 1. The lowest BCUT2D eigenvalue weighted by Gasteiger charge is -2.57. The lowest BCUT2D eigenvalue weighted by atomic mass is 9.70. The summed E-state index contributed by atoms with van der Waals surface area (Å²) in [6.45, 7) is 10.7. The number of pyridine rings is 1. The van der Waals surface area contributed by atoms with Crippen molar-refractivity contribution in [1.29, 1.82) is 0 Å². The first kappa shape index (κ1) is 48.3. The number of amides is 1. The number of carbonyl (C=O) groups excluding carboxylic acids is 1. The van der Waals surface area contributed by atoms with Crippen LogP contribution in [0.25, 0.3) is 11.0 Å². The molecule has 17 nitrogen and oxygen atoms in total. The molecule has 5 fully saturated rings. The van der Waals surface area contributed by atoms with Gasteiger partial charge in [-0.25, -0.2) is 17.5 Å². The van der Waals surface area contributed by atoms with Gasteiger partial charge in [0.1, 0.15) is 29.9 Å². The number of anilines is 2. The number of H-pyrrole nitrogens is 1. The quantitative estimate of drug-likeness (QED) is 0.0642. The third kappa shape index (κ3) is 9.32. The van der Waals surface area contributed by atoms with Crippen LogP contribution in [0.3, 0.4) is 0 Å². The number of aromatic nitrogens is 2. The normalized spacial score (nSPS) is 25.3. The van der Waals surface area contributed by atoms with E-state index in [4.69, 9.17) is 18.9 Å². The molecular formula is C53H62FN7O10S. The van der Waals surface area contributed by atoms with E-state index in [1.54, 1.807) is 19.1 Å². The summed E-state index contributed by atoms with van der Waals surface area (Å²) in [7, 11) is -4.77. The summed E-state index contributed by atoms with van der Waals surface area (Å²) >= 11 is 0. The molecule has 11 rings (SSSR count). The third-order valence-corrected chi connectivity index (χ3v) is 17.6. The van der Waals surface area contributed by atoms with Gasteiger partial charge in [0.05, 0.1) is 45.6 Å². The molecule has 72 heavy (non-hydrogen) atoms. The zero-order chi connectivity index (χ0) is 50.1. The number of nitrogens with one attached hydrogen (secondary N) is 3. The molecule has 5 aromatic rings. The summed E-state index contributed by atoms with van der Waals surface area (Å²) in [5.41, 5.74) is 2.66. The lowest BCUT2D eigenvalue weighted by molar-refractivity contribution is -0.384. The Labute approximate surface area is 418 Å². The van der Waals surface area contributed by atoms with Crippen LogP contribution in [-0.2, 0) is 14.8 Å². The highest BCUT2D eigenvalue weighted by Gasteiger charge is 2.50. The van der Waals surface area contributed by atoms with Gasteiger partial charge in [0.15, 0.2) is 17.2 Å². The van der Waals surface area contributed by atoms with Crippen LogP contribution in [0.15, 0.2) is 71.8 Å². The first-order valence-electron chi connectivity index (χ1n) is 25.4. The number of carbonyl (C=O) groups is 1. The second-order valence-corrected chi connectivity index (χ2v) is 23.3. The summed E-state index contributed by atoms with van der Waals surface area (Å²) in [4.78, 5) is 37.9. The van der Waals surface area contributed by atoms with Gasteiger partial charge in [-0.3, -0.25) is 19.8 Å². The number of halogens is 1. The van der Waals surface area contributed by atoms with Crippen molar-refractivity contribution >= 4 is 44.0 Å². The van der Waals surface area contributed by atoms with Crippen LogP contribution in [0.2, 0.25) is 0 Å². The fourth-order valence-corrected chi connectivity index (χ4v) is 13.1. The topological polar surface area (TPSA) is 211 Å². The van der Waals surface area contributed by atoms with E-state index >= 15 is 4.39 Å². The molecule has 6 heterocycles. The first-order chi connectivity index (χ1) is 34.5. The minimum atomic E-state index is -4.77. The van der Waals surface area contributed by atoms with E-state index in [0.717, 1.165) is 63.0 Å². The van der Waals surface area contributed by atoms with E-state index in [1.165, 1.54) is 42.5 Å². The summed E-state index contributed by atoms with van der Waals surface area (Å²) in [5.74, 6) is -0.663. The van der Waals surface area contributed by atoms with E-state index in [0.29, 0.717) is 56.8 Å². The predicted molar refractivity (Wildman–Crippen MR) is 267 cm³/mol. The van der Waals surface area contributed by atoms with Crippen LogP contribution in [0.1, 0.15) is 112 Å². The summed E-state index contributed by atoms with van der Waals surface area (Å²) < 4.78 is 69.4. The Hall–Kier alpha value is -6.02. The van der Waals surface area contributed by atoms with Gasteiger partial charge < -0.3 is 39.3 Å². The highest BCUT2D eigenvalue weighted by Crippen LogP contribution is 2.50. The standard InChI is InChI=1S/C53H62FN7O10S/c1-31(2)36-7-4-5-8-37(36)38-9-6-10-43(38)60-29-53(30-60)17-19-59(20-18-53)33-11-12-39(45(21-33)71-47-24-40-41(54)25-55-49(40)57-51(47)70-34-26-68-27-34)50(62)58-72(66,67)35-22-44(61(64)65)48-46(23-35)69-28-42(56-48)32-13-15-52(3,63)16-14-32/h4-5,7-8,11-12,21-25,31-32,34,38,42-43,56,63H,6,9-10,13-20,26-30H2,1-3H3,(H,55,57)(H,58,62)/t32?,38-,42+,43-,52?/m0/s1. The molecule has 1 spiro atoms. The van der Waals surface area contributed by atoms with Gasteiger partial charge in [0.25, 0.3) is 27.5 Å². The number of aromatic amines is 1. The third-order valence-electron chi connectivity index (χ3n) is 16.3. The molecule has 4 aliphatic heterocycles. The van der Waals surface area contributed by atoms with Gasteiger partial charge in [-0.1, -0.05) is 44.5 Å². The molecule has 3 aromatic carbocycles. The van der Waals surface area contributed by atoms with Gasteiger partial charge in [-0.15, -0.1) is 0 Å². The zero-order valence-electron chi connectivity index (χ0n) is 40.8. The average Bonchev–Trinajstić information content (AvgIpc) is 3.97. The molecule has 2 saturated carbocycles. The van der Waals surface area contributed by atoms with Crippen LogP contribution in [0.4, 0.5) is 21.5 Å². The van der Waals surface area contributed by atoms with E-state index in [1.807, 2.05) is 0 Å². The van der Waals surface area contributed by atoms with Crippen LogP contribution in [-0.4, -0.2) is 109 Å². The molecule has 3 atom stereocenters. The van der Waals surface area contributed by atoms with Crippen molar-refractivity contribution in [3.8, 4) is 23.1 Å². The van der Waals surface area contributed by atoms with Crippen molar-refractivity contribution in [2.75, 3.05) is 56.2 Å². The number of rotatable bonds is 13. The Morgan fingerprint density at radius 2 is 1.76 bits per heavy atom. The Morgan fingerprint density at radius 1 is 1.00 bits per heavy atom. The highest BCUT2D eigenvalue weighted by molar-refractivity contribution is 7.90. The van der Waals surface area contributed by atoms with Crippen LogP contribution < -0.4 is 29.1 Å². The molecular weight excluding hydrogens is 946 g/mol. The number of nitrogens with zero attached hydrogens (tertiary/aromatic N) is 4. The van der Waals surface area contributed by atoms with Gasteiger partial charge in [0, 0.05) is 68.4 Å². The van der Waals surface area contributed by atoms with Crippen molar-refractivity contribution in [2.45, 2.75) is 119 Å². The Kier molecular flexibility index (Phi) is 12.6. The lowest BCUT2D eigenvalue weighted by Crippen LogP contribution is -2.63. The molecule has 19 heteroatoms. The van der Waals surface area contributed by atoms with Crippen molar-refractivity contribution < 1.29 is 46.6 Å². The average molecular weight is 1010 g/mol. The van der Waals surface area contributed by atoms with Gasteiger partial charge in [-0.05, 0) is 105 Å². The monoisotopic (exact) mass is 1010 g/mol. The minimum Gasteiger partial charge on any atom is -0.489 e. The van der Waals surface area contributed by atoms with E-state index in [-0.39, 0.29) is 75.5 Å². The number of nitro benzene ring substituents is 1. The summed E-state index contributed by atoms with van der Waals surface area (Å²) in [5, 5.41) is 26.3. The minimum absolute atomic E-state index is 0.0118. The fourth-order valence-electron chi connectivity index (χ4n) is 12.1. The first-order valence-corrected chi connectivity index (χ1v) is 26.8. The number of ether oxygens (including phenoxy) is 4. The van der Waals surface area contributed by atoms with Crippen molar-refractivity contribution in [3.05, 3.63) is 99.5 Å². The van der Waals surface area contributed by atoms with E-state index in [9.17, 15) is 28.4 Å². The predicted octanol–water partition coefficient (Wildman–Crippen LogP) is 8.77. The number of likely N-dealkylation sites (tertiary alicyclic amines) is 1. The van der Waals surface area contributed by atoms with Gasteiger partial charge >= 0.3 is 0 Å². The maximum Gasteiger partial charge on any atom is 0.297 e.